The number of rotatable bonds is 7. The monoisotopic (exact) mass is 246 g/mol. The van der Waals surface area contributed by atoms with Gasteiger partial charge in [0.15, 0.2) is 12.8 Å². The van der Waals surface area contributed by atoms with Gasteiger partial charge in [-0.3, -0.25) is 4.84 Å². The van der Waals surface area contributed by atoms with Gasteiger partial charge in [0.2, 0.25) is 0 Å². The fourth-order valence-electron chi connectivity index (χ4n) is 1.19. The van der Waals surface area contributed by atoms with Crippen LogP contribution in [0, 0.1) is 0 Å². The van der Waals surface area contributed by atoms with Crippen LogP contribution in [-0.2, 0) is 23.9 Å². The second kappa shape index (κ2) is 8.55. The molecule has 0 aliphatic heterocycles. The maximum absolute atomic E-state index is 11.7. The maximum atomic E-state index is 11.7. The zero-order valence-electron chi connectivity index (χ0n) is 10.8. The average Bonchev–Trinajstić information content (AvgIpc) is 2.29. The molecule has 0 rings (SSSR count). The molecule has 0 aromatic carbocycles. The normalized spacial score (nSPS) is 11.2. The minimum Gasteiger partial charge on any atom is -0.460 e. The minimum atomic E-state index is -1.21. The number of hydroxylamine groups is 1. The van der Waals surface area contributed by atoms with Crippen molar-refractivity contribution in [2.24, 2.45) is 0 Å². The first-order chi connectivity index (χ1) is 8.12. The molecule has 0 atom stereocenters. The lowest BCUT2D eigenvalue weighted by Gasteiger charge is -2.11. The molecule has 0 heterocycles. The van der Waals surface area contributed by atoms with E-state index in [1.165, 1.54) is 6.21 Å². The molecule has 0 aromatic heterocycles. The first-order valence-electron chi connectivity index (χ1n) is 5.66. The SMILES string of the molecule is CC=[N+](OCC)C(C(=O)OCC)C(=O)OCC. The molecule has 0 saturated heterocycles. The predicted molar refractivity (Wildman–Crippen MR) is 60.7 cm³/mol. The van der Waals surface area contributed by atoms with Gasteiger partial charge in [-0.05, 0) is 25.5 Å². The summed E-state index contributed by atoms with van der Waals surface area (Å²) in [5.41, 5.74) is 0. The van der Waals surface area contributed by atoms with Crippen molar-refractivity contribution in [3.05, 3.63) is 0 Å². The second-order valence-corrected chi connectivity index (χ2v) is 2.94. The van der Waals surface area contributed by atoms with Gasteiger partial charge in [0.25, 0.3) is 0 Å². The molecule has 0 spiro atoms. The Hall–Kier alpha value is -1.59. The Morgan fingerprint density at radius 2 is 1.53 bits per heavy atom. The summed E-state index contributed by atoms with van der Waals surface area (Å²) in [6.45, 7) is 7.46. The van der Waals surface area contributed by atoms with Crippen LogP contribution in [0.15, 0.2) is 0 Å². The number of carbonyl (C=O) groups is 2. The van der Waals surface area contributed by atoms with Crippen LogP contribution in [-0.4, -0.2) is 48.8 Å². The van der Waals surface area contributed by atoms with Crippen molar-refractivity contribution >= 4 is 18.2 Å². The number of esters is 2. The van der Waals surface area contributed by atoms with Crippen LogP contribution in [0.2, 0.25) is 0 Å². The standard InChI is InChI=1S/C11H20NO5/c1-5-12(17-8-4)9(10(13)15-6-2)11(14)16-7-3/h5,9H,6-8H2,1-4H3/q+1. The smallest absolute Gasteiger partial charge is 0.392 e. The summed E-state index contributed by atoms with van der Waals surface area (Å²) >= 11 is 0. The highest BCUT2D eigenvalue weighted by molar-refractivity contribution is 5.97. The summed E-state index contributed by atoms with van der Waals surface area (Å²) in [5, 5.41) is 0. The first kappa shape index (κ1) is 15.4. The Kier molecular flexibility index (Phi) is 7.75. The first-order valence-corrected chi connectivity index (χ1v) is 5.66. The topological polar surface area (TPSA) is 64.8 Å². The molecule has 6 heteroatoms. The molecule has 0 aliphatic carbocycles. The van der Waals surface area contributed by atoms with Crippen LogP contribution in [0.4, 0.5) is 0 Å². The van der Waals surface area contributed by atoms with Gasteiger partial charge in [-0.2, -0.15) is 0 Å². The predicted octanol–water partition coefficient (Wildman–Crippen LogP) is 0.536. The second-order valence-electron chi connectivity index (χ2n) is 2.94. The van der Waals surface area contributed by atoms with E-state index in [0.717, 1.165) is 4.74 Å². The number of ether oxygens (including phenoxy) is 2. The molecule has 0 aromatic rings. The molecule has 0 amide bonds. The highest BCUT2D eigenvalue weighted by Gasteiger charge is 2.42. The molecular weight excluding hydrogens is 226 g/mol. The molecule has 0 saturated carbocycles. The van der Waals surface area contributed by atoms with Gasteiger partial charge >= 0.3 is 18.0 Å². The van der Waals surface area contributed by atoms with E-state index in [1.807, 2.05) is 0 Å². The Balaban J connectivity index is 4.94. The molecule has 17 heavy (non-hydrogen) atoms. The Labute approximate surface area is 101 Å². The van der Waals surface area contributed by atoms with Gasteiger partial charge in [-0.25, -0.2) is 9.59 Å². The van der Waals surface area contributed by atoms with Crippen molar-refractivity contribution in [1.29, 1.82) is 0 Å². The molecule has 6 nitrogen and oxygen atoms in total. The molecular formula is C11H20NO5+. The van der Waals surface area contributed by atoms with Crippen LogP contribution < -0.4 is 0 Å². The summed E-state index contributed by atoms with van der Waals surface area (Å²) in [4.78, 5) is 28.5. The lowest BCUT2D eigenvalue weighted by molar-refractivity contribution is -0.792. The zero-order chi connectivity index (χ0) is 13.3. The third-order valence-corrected chi connectivity index (χ3v) is 1.81. The van der Waals surface area contributed by atoms with E-state index in [-0.39, 0.29) is 13.2 Å². The Bertz CT molecular complexity index is 270. The Morgan fingerprint density at radius 3 is 1.82 bits per heavy atom. The third kappa shape index (κ3) is 4.84. The van der Waals surface area contributed by atoms with Crippen LogP contribution in [0.5, 0.6) is 0 Å². The van der Waals surface area contributed by atoms with E-state index in [2.05, 4.69) is 0 Å². The number of hydrogen-bond acceptors (Lipinski definition) is 5. The summed E-state index contributed by atoms with van der Waals surface area (Å²) in [7, 11) is 0. The minimum absolute atomic E-state index is 0.193. The number of nitrogens with zero attached hydrogens (tertiary/aromatic N) is 1. The summed E-state index contributed by atoms with van der Waals surface area (Å²) < 4.78 is 10.8. The zero-order valence-corrected chi connectivity index (χ0v) is 10.8. The lowest BCUT2D eigenvalue weighted by Crippen LogP contribution is -2.43. The molecule has 0 aliphatic rings. The molecule has 0 bridgehead atoms. The number of carbonyl (C=O) groups excluding carboxylic acids is 2. The summed E-state index contributed by atoms with van der Waals surface area (Å²) in [6, 6.07) is -1.21. The molecule has 0 fully saturated rings. The van der Waals surface area contributed by atoms with Gasteiger partial charge < -0.3 is 9.47 Å². The fraction of sp³-hybridized carbons (Fsp3) is 0.727. The van der Waals surface area contributed by atoms with Crippen LogP contribution in [0.3, 0.4) is 0 Å². The van der Waals surface area contributed by atoms with Crippen LogP contribution in [0.1, 0.15) is 27.7 Å². The van der Waals surface area contributed by atoms with Gasteiger partial charge in [-0.15, -0.1) is 0 Å². The summed E-state index contributed by atoms with van der Waals surface area (Å²) in [6.07, 6.45) is 1.49. The molecule has 0 N–H and O–H groups in total. The van der Waals surface area contributed by atoms with E-state index in [4.69, 9.17) is 14.3 Å². The van der Waals surface area contributed by atoms with E-state index >= 15 is 0 Å². The lowest BCUT2D eigenvalue weighted by atomic mass is 10.3. The van der Waals surface area contributed by atoms with Crippen molar-refractivity contribution in [3.63, 3.8) is 0 Å². The van der Waals surface area contributed by atoms with Crippen molar-refractivity contribution in [2.45, 2.75) is 33.7 Å². The summed E-state index contributed by atoms with van der Waals surface area (Å²) in [5.74, 6) is -1.37. The number of hydrogen-bond donors (Lipinski definition) is 0. The quantitative estimate of drug-likeness (QED) is 0.216. The maximum Gasteiger partial charge on any atom is 0.392 e. The third-order valence-electron chi connectivity index (χ3n) is 1.81. The fourth-order valence-corrected chi connectivity index (χ4v) is 1.19. The van der Waals surface area contributed by atoms with E-state index in [1.54, 1.807) is 27.7 Å². The van der Waals surface area contributed by atoms with Crippen molar-refractivity contribution in [1.82, 2.24) is 0 Å². The molecule has 0 unspecified atom stereocenters. The van der Waals surface area contributed by atoms with Crippen LogP contribution >= 0.6 is 0 Å². The van der Waals surface area contributed by atoms with Crippen molar-refractivity contribution in [2.75, 3.05) is 19.8 Å². The van der Waals surface area contributed by atoms with E-state index < -0.39 is 18.0 Å². The van der Waals surface area contributed by atoms with Gasteiger partial charge in [0.1, 0.15) is 0 Å². The van der Waals surface area contributed by atoms with E-state index in [0.29, 0.717) is 6.61 Å². The average molecular weight is 246 g/mol. The Morgan fingerprint density at radius 1 is 1.06 bits per heavy atom. The largest absolute Gasteiger partial charge is 0.460 e. The van der Waals surface area contributed by atoms with Gasteiger partial charge in [0.05, 0.1) is 13.2 Å². The van der Waals surface area contributed by atoms with E-state index in [9.17, 15) is 9.59 Å². The van der Waals surface area contributed by atoms with Crippen LogP contribution in [0.25, 0.3) is 0 Å². The highest BCUT2D eigenvalue weighted by Crippen LogP contribution is 2.01. The molecule has 0 radical (unpaired) electrons. The molecule has 98 valence electrons. The highest BCUT2D eigenvalue weighted by atomic mass is 16.7. The van der Waals surface area contributed by atoms with Gasteiger partial charge in [0, 0.05) is 6.92 Å². The van der Waals surface area contributed by atoms with Crippen molar-refractivity contribution < 1.29 is 28.6 Å². The van der Waals surface area contributed by atoms with Crippen molar-refractivity contribution in [3.8, 4) is 0 Å². The van der Waals surface area contributed by atoms with Gasteiger partial charge in [-0.1, -0.05) is 0 Å².